The van der Waals surface area contributed by atoms with Gasteiger partial charge in [0.05, 0.1) is 5.60 Å². The number of rotatable bonds is 4. The summed E-state index contributed by atoms with van der Waals surface area (Å²) in [5.41, 5.74) is 1.41. The van der Waals surface area contributed by atoms with Gasteiger partial charge in [0.25, 0.3) is 0 Å². The summed E-state index contributed by atoms with van der Waals surface area (Å²) in [5.74, 6) is 0.539. The number of carboxylic acid groups (broad SMARTS) is 1. The Balaban J connectivity index is 5.00. The third-order valence-electron chi connectivity index (χ3n) is 1.94. The molecule has 1 atom stereocenters. The molecule has 0 aliphatic carbocycles. The van der Waals surface area contributed by atoms with Crippen molar-refractivity contribution in [1.82, 2.24) is 5.48 Å². The first kappa shape index (κ1) is 15.8. The molecule has 0 aromatic heterocycles. The third-order valence-corrected chi connectivity index (χ3v) is 1.94. The van der Waals surface area contributed by atoms with Crippen molar-refractivity contribution in [2.24, 2.45) is 5.41 Å². The minimum Gasteiger partial charge on any atom is -0.480 e. The smallest absolute Gasteiger partial charge is 0.328 e. The standard InChI is InChI=1S/C12H21NO4/c1-11(2,3)8(7-14)9(10(15)16)13-17-12(4,5)6/h9,13H,1-6H3,(H,15,16)/t9-/m1/s1. The summed E-state index contributed by atoms with van der Waals surface area (Å²) in [5, 5.41) is 9.09. The summed E-state index contributed by atoms with van der Waals surface area (Å²) in [6.45, 7) is 10.6. The molecule has 0 radical (unpaired) electrons. The highest BCUT2D eigenvalue weighted by atomic mass is 16.7. The molecule has 5 heteroatoms. The van der Waals surface area contributed by atoms with Gasteiger partial charge in [0, 0.05) is 5.57 Å². The number of hydrogen-bond donors (Lipinski definition) is 2. The van der Waals surface area contributed by atoms with Crippen LogP contribution in [0.5, 0.6) is 0 Å². The maximum Gasteiger partial charge on any atom is 0.328 e. The molecule has 0 aliphatic heterocycles. The zero-order chi connectivity index (χ0) is 13.9. The van der Waals surface area contributed by atoms with Crippen LogP contribution in [0.3, 0.4) is 0 Å². The van der Waals surface area contributed by atoms with Gasteiger partial charge in [-0.15, -0.1) is 0 Å². The van der Waals surface area contributed by atoms with E-state index in [1.807, 2.05) is 0 Å². The van der Waals surface area contributed by atoms with Crippen molar-refractivity contribution in [3.63, 3.8) is 0 Å². The number of carbonyl (C=O) groups excluding carboxylic acids is 1. The highest BCUT2D eigenvalue weighted by molar-refractivity contribution is 5.81. The van der Waals surface area contributed by atoms with Crippen molar-refractivity contribution in [1.29, 1.82) is 0 Å². The van der Waals surface area contributed by atoms with E-state index < -0.39 is 23.0 Å². The molecule has 0 rings (SSSR count). The second-order valence-electron chi connectivity index (χ2n) is 5.87. The Hall–Kier alpha value is -1.16. The molecule has 0 aromatic carbocycles. The number of carbonyl (C=O) groups is 1. The zero-order valence-electron chi connectivity index (χ0n) is 11.2. The van der Waals surface area contributed by atoms with Crippen molar-refractivity contribution in [3.05, 3.63) is 5.57 Å². The van der Waals surface area contributed by atoms with E-state index in [4.69, 9.17) is 9.94 Å². The molecule has 0 aliphatic rings. The van der Waals surface area contributed by atoms with E-state index in [2.05, 4.69) is 5.48 Å². The van der Waals surface area contributed by atoms with Crippen LogP contribution in [0.15, 0.2) is 5.57 Å². The van der Waals surface area contributed by atoms with E-state index in [9.17, 15) is 9.59 Å². The highest BCUT2D eigenvalue weighted by Gasteiger charge is 2.33. The lowest BCUT2D eigenvalue weighted by Gasteiger charge is -2.28. The quantitative estimate of drug-likeness (QED) is 0.579. The topological polar surface area (TPSA) is 75.6 Å². The molecule has 0 bridgehead atoms. The predicted octanol–water partition coefficient (Wildman–Crippen LogP) is 1.56. The molecule has 0 saturated carbocycles. The molecule has 17 heavy (non-hydrogen) atoms. The molecule has 98 valence electrons. The molecule has 0 saturated heterocycles. The predicted molar refractivity (Wildman–Crippen MR) is 64.1 cm³/mol. The number of nitrogens with one attached hydrogen (secondary N) is 1. The van der Waals surface area contributed by atoms with Crippen molar-refractivity contribution >= 4 is 11.9 Å². The van der Waals surface area contributed by atoms with E-state index in [-0.39, 0.29) is 5.57 Å². The Kier molecular flexibility index (Phi) is 5.08. The van der Waals surface area contributed by atoms with Gasteiger partial charge in [0.15, 0.2) is 6.04 Å². The maximum absolute atomic E-state index is 11.1. The summed E-state index contributed by atoms with van der Waals surface area (Å²) in [7, 11) is 0. The lowest BCUT2D eigenvalue weighted by molar-refractivity contribution is -0.148. The van der Waals surface area contributed by atoms with E-state index in [1.54, 1.807) is 47.5 Å². The van der Waals surface area contributed by atoms with E-state index in [0.717, 1.165) is 0 Å². The van der Waals surface area contributed by atoms with Crippen LogP contribution >= 0.6 is 0 Å². The van der Waals surface area contributed by atoms with Crippen LogP contribution in [-0.2, 0) is 14.4 Å². The van der Waals surface area contributed by atoms with Crippen LogP contribution in [-0.4, -0.2) is 28.7 Å². The van der Waals surface area contributed by atoms with Crippen LogP contribution in [0.1, 0.15) is 41.5 Å². The first-order valence-electron chi connectivity index (χ1n) is 5.41. The SMILES string of the molecule is CC(C)(C)ON[C@@H](C(=O)O)C(=C=O)C(C)(C)C. The lowest BCUT2D eigenvalue weighted by Crippen LogP contribution is -2.45. The molecule has 0 spiro atoms. The van der Waals surface area contributed by atoms with Gasteiger partial charge in [-0.05, 0) is 26.2 Å². The third kappa shape index (κ3) is 5.63. The molecule has 0 fully saturated rings. The fourth-order valence-electron chi connectivity index (χ4n) is 1.11. The molecule has 0 unspecified atom stereocenters. The minimum absolute atomic E-state index is 0.120. The number of aliphatic carboxylic acids is 1. The van der Waals surface area contributed by atoms with Crippen LogP contribution in [0.2, 0.25) is 0 Å². The van der Waals surface area contributed by atoms with Crippen molar-refractivity contribution < 1.29 is 19.5 Å². The second kappa shape index (κ2) is 5.45. The summed E-state index contributed by atoms with van der Waals surface area (Å²) >= 11 is 0. The summed E-state index contributed by atoms with van der Waals surface area (Å²) in [6, 6.07) is -1.19. The zero-order valence-corrected chi connectivity index (χ0v) is 11.2. The Morgan fingerprint density at radius 1 is 1.24 bits per heavy atom. The van der Waals surface area contributed by atoms with Crippen molar-refractivity contribution in [2.45, 2.75) is 53.2 Å². The number of carboxylic acids is 1. The Labute approximate surface area is 102 Å². The van der Waals surface area contributed by atoms with Gasteiger partial charge in [0.2, 0.25) is 0 Å². The lowest BCUT2D eigenvalue weighted by atomic mass is 9.83. The fraction of sp³-hybridized carbons (Fsp3) is 0.750. The normalized spacial score (nSPS) is 14.0. The fourth-order valence-corrected chi connectivity index (χ4v) is 1.11. The van der Waals surface area contributed by atoms with Gasteiger partial charge < -0.3 is 5.11 Å². The summed E-state index contributed by atoms with van der Waals surface area (Å²) in [4.78, 5) is 27.2. The molecule has 0 amide bonds. The van der Waals surface area contributed by atoms with Crippen LogP contribution in [0, 0.1) is 5.41 Å². The van der Waals surface area contributed by atoms with Crippen molar-refractivity contribution in [2.75, 3.05) is 0 Å². The van der Waals surface area contributed by atoms with Crippen molar-refractivity contribution in [3.8, 4) is 0 Å². The summed E-state index contributed by atoms with van der Waals surface area (Å²) in [6.07, 6.45) is 0. The van der Waals surface area contributed by atoms with E-state index in [1.165, 1.54) is 0 Å². The monoisotopic (exact) mass is 243 g/mol. The summed E-state index contributed by atoms with van der Waals surface area (Å²) < 4.78 is 0. The van der Waals surface area contributed by atoms with Gasteiger partial charge in [0.1, 0.15) is 5.94 Å². The Morgan fingerprint density at radius 3 is 1.94 bits per heavy atom. The Morgan fingerprint density at radius 2 is 1.71 bits per heavy atom. The number of hydroxylamine groups is 1. The molecular formula is C12H21NO4. The van der Waals surface area contributed by atoms with Gasteiger partial charge >= 0.3 is 5.97 Å². The second-order valence-corrected chi connectivity index (χ2v) is 5.87. The average Bonchev–Trinajstić information content (AvgIpc) is 2.07. The Bertz CT molecular complexity index is 329. The number of hydrogen-bond acceptors (Lipinski definition) is 4. The van der Waals surface area contributed by atoms with Gasteiger partial charge in [-0.1, -0.05) is 20.8 Å². The minimum atomic E-state index is -1.19. The van der Waals surface area contributed by atoms with Crippen LogP contribution < -0.4 is 5.48 Å². The van der Waals surface area contributed by atoms with Gasteiger partial charge in [-0.2, -0.15) is 5.48 Å². The largest absolute Gasteiger partial charge is 0.480 e. The van der Waals surface area contributed by atoms with E-state index in [0.29, 0.717) is 0 Å². The first-order chi connectivity index (χ1) is 7.49. The van der Waals surface area contributed by atoms with Gasteiger partial charge in [-0.3, -0.25) is 9.63 Å². The maximum atomic E-state index is 11.1. The molecule has 2 N–H and O–H groups in total. The van der Waals surface area contributed by atoms with Gasteiger partial charge in [-0.25, -0.2) is 4.79 Å². The molecule has 5 nitrogen and oxygen atoms in total. The van der Waals surface area contributed by atoms with Crippen LogP contribution in [0.25, 0.3) is 0 Å². The highest BCUT2D eigenvalue weighted by Crippen LogP contribution is 2.26. The molecular weight excluding hydrogens is 222 g/mol. The molecule has 0 aromatic rings. The molecule has 0 heterocycles. The average molecular weight is 243 g/mol. The first-order valence-corrected chi connectivity index (χ1v) is 5.41. The van der Waals surface area contributed by atoms with E-state index >= 15 is 0 Å². The van der Waals surface area contributed by atoms with Crippen LogP contribution in [0.4, 0.5) is 0 Å².